The van der Waals surface area contributed by atoms with Crippen molar-refractivity contribution in [3.05, 3.63) is 75.4 Å². The van der Waals surface area contributed by atoms with E-state index in [2.05, 4.69) is 4.90 Å². The molecule has 3 aromatic rings. The summed E-state index contributed by atoms with van der Waals surface area (Å²) < 4.78 is 31.4. The Kier molecular flexibility index (Phi) is 5.40. The van der Waals surface area contributed by atoms with Crippen molar-refractivity contribution in [3.8, 4) is 5.75 Å². The topological polar surface area (TPSA) is 72.2 Å². The molecule has 1 unspecified atom stereocenters. The van der Waals surface area contributed by atoms with Crippen molar-refractivity contribution in [1.82, 2.24) is 9.80 Å². The molecule has 0 radical (unpaired) electrons. The van der Waals surface area contributed by atoms with Crippen LogP contribution >= 0.6 is 0 Å². The van der Waals surface area contributed by atoms with E-state index in [4.69, 9.17) is 13.9 Å². The number of fused-ring (bicyclic) bond motifs is 2. The molecule has 1 fully saturated rings. The number of methoxy groups -OCH3 is 1. The van der Waals surface area contributed by atoms with E-state index in [-0.39, 0.29) is 27.9 Å². The minimum Gasteiger partial charge on any atom is -0.497 e. The molecule has 1 aromatic heterocycles. The largest absolute Gasteiger partial charge is 0.497 e. The maximum absolute atomic E-state index is 14.9. The summed E-state index contributed by atoms with van der Waals surface area (Å²) in [6.45, 7) is 3.73. The fraction of sp³-hybridized carbons (Fsp3) is 0.333. The van der Waals surface area contributed by atoms with E-state index in [1.165, 1.54) is 13.2 Å². The quantitative estimate of drug-likeness (QED) is 0.610. The Morgan fingerprint density at radius 3 is 2.62 bits per heavy atom. The maximum atomic E-state index is 14.9. The van der Waals surface area contributed by atoms with Gasteiger partial charge in [-0.05, 0) is 18.2 Å². The molecule has 0 aliphatic carbocycles. The lowest BCUT2D eigenvalue weighted by atomic mass is 9.98. The summed E-state index contributed by atoms with van der Waals surface area (Å²) in [7, 11) is 1.51. The average Bonchev–Trinajstić information content (AvgIpc) is 3.10. The molecule has 166 valence electrons. The highest BCUT2D eigenvalue weighted by atomic mass is 19.1. The van der Waals surface area contributed by atoms with E-state index in [1.54, 1.807) is 41.3 Å². The van der Waals surface area contributed by atoms with Gasteiger partial charge in [0.2, 0.25) is 5.76 Å². The monoisotopic (exact) mass is 438 g/mol. The Morgan fingerprint density at radius 1 is 1.09 bits per heavy atom. The van der Waals surface area contributed by atoms with Crippen LogP contribution in [0.5, 0.6) is 5.75 Å². The van der Waals surface area contributed by atoms with E-state index in [0.717, 1.165) is 13.1 Å². The van der Waals surface area contributed by atoms with Gasteiger partial charge in [0.1, 0.15) is 17.1 Å². The first-order chi connectivity index (χ1) is 15.6. The number of carbonyl (C=O) groups is 1. The highest BCUT2D eigenvalue weighted by Gasteiger charge is 2.43. The molecule has 2 aromatic carbocycles. The van der Waals surface area contributed by atoms with Gasteiger partial charge >= 0.3 is 0 Å². The predicted molar refractivity (Wildman–Crippen MR) is 116 cm³/mol. The summed E-state index contributed by atoms with van der Waals surface area (Å²) in [4.78, 5) is 30.6. The number of benzene rings is 2. The lowest BCUT2D eigenvalue weighted by molar-refractivity contribution is 0.0314. The molecule has 0 bridgehead atoms. The smallest absolute Gasteiger partial charge is 0.290 e. The van der Waals surface area contributed by atoms with Crippen LogP contribution in [-0.4, -0.2) is 62.2 Å². The number of amides is 1. The summed E-state index contributed by atoms with van der Waals surface area (Å²) in [5, 5.41) is 0.328. The summed E-state index contributed by atoms with van der Waals surface area (Å²) in [5.74, 6) is -0.404. The fourth-order valence-corrected chi connectivity index (χ4v) is 4.45. The zero-order valence-electron chi connectivity index (χ0n) is 17.7. The zero-order chi connectivity index (χ0) is 22.2. The van der Waals surface area contributed by atoms with Crippen LogP contribution in [0.25, 0.3) is 11.0 Å². The summed E-state index contributed by atoms with van der Waals surface area (Å²) >= 11 is 0. The molecule has 3 heterocycles. The maximum Gasteiger partial charge on any atom is 0.290 e. The lowest BCUT2D eigenvalue weighted by Crippen LogP contribution is -2.42. The third kappa shape index (κ3) is 3.45. The van der Waals surface area contributed by atoms with Gasteiger partial charge in [0.05, 0.1) is 37.3 Å². The summed E-state index contributed by atoms with van der Waals surface area (Å²) in [6.07, 6.45) is 0. The molecular formula is C24H23FN2O5. The Balaban J connectivity index is 1.62. The number of nitrogens with zero attached hydrogens (tertiary/aromatic N) is 2. The molecule has 0 spiro atoms. The third-order valence-corrected chi connectivity index (χ3v) is 6.14. The molecule has 5 rings (SSSR count). The van der Waals surface area contributed by atoms with Crippen LogP contribution in [0.3, 0.4) is 0 Å². The minimum atomic E-state index is -0.845. The van der Waals surface area contributed by atoms with Gasteiger partial charge in [-0.1, -0.05) is 18.2 Å². The van der Waals surface area contributed by atoms with Crippen molar-refractivity contribution < 1.29 is 23.1 Å². The standard InChI is InChI=1S/C24H23FN2O5/c1-30-15-6-7-17-19(14-15)32-23-20(22(17)28)21(16-4-2-3-5-18(16)25)27(24(23)29)9-8-26-10-12-31-13-11-26/h2-7,14,21H,8-13H2,1H3. The van der Waals surface area contributed by atoms with Gasteiger partial charge in [0.15, 0.2) is 5.43 Å². The first kappa shape index (κ1) is 20.7. The van der Waals surface area contributed by atoms with Gasteiger partial charge in [-0.2, -0.15) is 0 Å². The van der Waals surface area contributed by atoms with Gasteiger partial charge in [0, 0.05) is 37.8 Å². The Morgan fingerprint density at radius 2 is 1.88 bits per heavy atom. The van der Waals surface area contributed by atoms with Gasteiger partial charge in [-0.25, -0.2) is 4.39 Å². The summed E-state index contributed by atoms with van der Waals surface area (Å²) in [5.41, 5.74) is 0.393. The SMILES string of the molecule is COc1ccc2c(=O)c3c(oc2c1)C(=O)N(CCN1CCOCC1)C3c1ccccc1F. The second kappa shape index (κ2) is 8.37. The molecule has 32 heavy (non-hydrogen) atoms. The second-order valence-electron chi connectivity index (χ2n) is 7.91. The second-order valence-corrected chi connectivity index (χ2v) is 7.91. The number of hydrogen-bond acceptors (Lipinski definition) is 6. The molecular weight excluding hydrogens is 415 g/mol. The highest BCUT2D eigenvalue weighted by Crippen LogP contribution is 2.39. The normalized spacial score (nSPS) is 18.9. The number of morpholine rings is 1. The van der Waals surface area contributed by atoms with Crippen molar-refractivity contribution in [3.63, 3.8) is 0 Å². The molecule has 1 saturated heterocycles. The number of ether oxygens (including phenoxy) is 2. The van der Waals surface area contributed by atoms with Crippen LogP contribution in [0.2, 0.25) is 0 Å². The van der Waals surface area contributed by atoms with Crippen LogP contribution in [0.4, 0.5) is 4.39 Å². The molecule has 2 aliphatic heterocycles. The third-order valence-electron chi connectivity index (χ3n) is 6.14. The number of carbonyl (C=O) groups excluding carboxylic acids is 1. The van der Waals surface area contributed by atoms with E-state index in [9.17, 15) is 14.0 Å². The lowest BCUT2D eigenvalue weighted by Gasteiger charge is -2.31. The number of hydrogen-bond donors (Lipinski definition) is 0. The van der Waals surface area contributed by atoms with Crippen LogP contribution in [0.1, 0.15) is 27.7 Å². The molecule has 0 N–H and O–H groups in total. The van der Waals surface area contributed by atoms with Crippen molar-refractivity contribution in [2.75, 3.05) is 46.5 Å². The number of rotatable bonds is 5. The van der Waals surface area contributed by atoms with Gasteiger partial charge in [0.25, 0.3) is 5.91 Å². The molecule has 1 atom stereocenters. The van der Waals surface area contributed by atoms with Crippen molar-refractivity contribution >= 4 is 16.9 Å². The molecule has 8 heteroatoms. The fourth-order valence-electron chi connectivity index (χ4n) is 4.45. The van der Waals surface area contributed by atoms with Crippen molar-refractivity contribution in [2.24, 2.45) is 0 Å². The van der Waals surface area contributed by atoms with Gasteiger partial charge in [-0.15, -0.1) is 0 Å². The van der Waals surface area contributed by atoms with Gasteiger partial charge in [-0.3, -0.25) is 14.5 Å². The first-order valence-corrected chi connectivity index (χ1v) is 10.6. The molecule has 1 amide bonds. The molecule has 2 aliphatic rings. The zero-order valence-corrected chi connectivity index (χ0v) is 17.7. The number of halogens is 1. The van der Waals surface area contributed by atoms with Gasteiger partial charge < -0.3 is 18.8 Å². The van der Waals surface area contributed by atoms with Crippen LogP contribution in [0.15, 0.2) is 51.7 Å². The molecule has 7 nitrogen and oxygen atoms in total. The van der Waals surface area contributed by atoms with E-state index >= 15 is 0 Å². The minimum absolute atomic E-state index is 0.0361. The Hall–Kier alpha value is -3.23. The van der Waals surface area contributed by atoms with E-state index < -0.39 is 17.8 Å². The van der Waals surface area contributed by atoms with Crippen molar-refractivity contribution in [1.29, 1.82) is 0 Å². The van der Waals surface area contributed by atoms with E-state index in [0.29, 0.717) is 37.4 Å². The first-order valence-electron chi connectivity index (χ1n) is 10.6. The Labute approximate surface area is 183 Å². The van der Waals surface area contributed by atoms with Crippen LogP contribution in [0, 0.1) is 5.82 Å². The van der Waals surface area contributed by atoms with E-state index in [1.807, 2.05) is 0 Å². The van der Waals surface area contributed by atoms with Crippen LogP contribution < -0.4 is 10.2 Å². The Bertz CT molecular complexity index is 1230. The average molecular weight is 438 g/mol. The van der Waals surface area contributed by atoms with Crippen molar-refractivity contribution in [2.45, 2.75) is 6.04 Å². The summed E-state index contributed by atoms with van der Waals surface area (Å²) in [6, 6.07) is 10.3. The van der Waals surface area contributed by atoms with Crippen LogP contribution in [-0.2, 0) is 4.74 Å². The predicted octanol–water partition coefficient (Wildman–Crippen LogP) is 2.82. The molecule has 0 saturated carbocycles. The highest BCUT2D eigenvalue weighted by molar-refractivity contribution is 5.99.